The van der Waals surface area contributed by atoms with Crippen LogP contribution in [0, 0.1) is 0 Å². The number of hydrogen-bond acceptors (Lipinski definition) is 2. The van der Waals surface area contributed by atoms with Crippen molar-refractivity contribution in [2.24, 2.45) is 0 Å². The predicted molar refractivity (Wildman–Crippen MR) is 73.3 cm³/mol. The van der Waals surface area contributed by atoms with E-state index in [2.05, 4.69) is 15.6 Å². The van der Waals surface area contributed by atoms with E-state index in [0.717, 1.165) is 0 Å². The molecule has 0 spiro atoms. The van der Waals surface area contributed by atoms with Crippen molar-refractivity contribution in [3.05, 3.63) is 52.8 Å². The zero-order valence-electron chi connectivity index (χ0n) is 9.15. The summed E-state index contributed by atoms with van der Waals surface area (Å²) in [5.41, 5.74) is 1.09. The third-order valence-electron chi connectivity index (χ3n) is 2.10. The monoisotopic (exact) mass is 281 g/mol. The van der Waals surface area contributed by atoms with Gasteiger partial charge < -0.3 is 10.6 Å². The smallest absolute Gasteiger partial charge is 0.308 e. The number of benzene rings is 1. The number of nitrogens with zero attached hydrogens (tertiary/aromatic N) is 1. The van der Waals surface area contributed by atoms with E-state index >= 15 is 0 Å². The van der Waals surface area contributed by atoms with Crippen molar-refractivity contribution < 1.29 is 4.79 Å². The number of anilines is 2. The molecule has 0 aliphatic rings. The molecule has 0 saturated carbocycles. The number of amides is 2. The van der Waals surface area contributed by atoms with E-state index in [1.807, 2.05) is 0 Å². The Bertz CT molecular complexity index is 575. The number of urea groups is 1. The molecule has 1 aromatic heterocycles. The second-order valence-electron chi connectivity index (χ2n) is 3.44. The van der Waals surface area contributed by atoms with Crippen LogP contribution in [0.5, 0.6) is 0 Å². The molecule has 2 N–H and O–H groups in total. The maximum atomic E-state index is 11.7. The summed E-state index contributed by atoms with van der Waals surface area (Å²) in [5.74, 6) is 0. The van der Waals surface area contributed by atoms with Crippen LogP contribution in [0.3, 0.4) is 0 Å². The summed E-state index contributed by atoms with van der Waals surface area (Å²) in [6, 6.07) is 8.07. The second-order valence-corrected chi connectivity index (χ2v) is 4.29. The van der Waals surface area contributed by atoms with Crippen molar-refractivity contribution in [2.75, 3.05) is 10.6 Å². The van der Waals surface area contributed by atoms with Gasteiger partial charge in [0.2, 0.25) is 0 Å². The first-order valence-corrected chi connectivity index (χ1v) is 5.84. The van der Waals surface area contributed by atoms with Gasteiger partial charge in [0.05, 0.1) is 10.7 Å². The highest BCUT2D eigenvalue weighted by Crippen LogP contribution is 2.20. The van der Waals surface area contributed by atoms with E-state index in [1.54, 1.807) is 36.5 Å². The van der Waals surface area contributed by atoms with E-state index in [4.69, 9.17) is 23.2 Å². The minimum atomic E-state index is -0.398. The Morgan fingerprint density at radius 1 is 1.17 bits per heavy atom. The van der Waals surface area contributed by atoms with E-state index < -0.39 is 6.03 Å². The Hall–Kier alpha value is -1.78. The zero-order valence-corrected chi connectivity index (χ0v) is 10.7. The third kappa shape index (κ3) is 3.35. The molecule has 2 rings (SSSR count). The Morgan fingerprint density at radius 2 is 2.00 bits per heavy atom. The lowest BCUT2D eigenvalue weighted by Gasteiger charge is -2.08. The number of carbonyl (C=O) groups excluding carboxylic acids is 1. The molecule has 4 nitrogen and oxygen atoms in total. The first kappa shape index (κ1) is 12.7. The molecule has 0 radical (unpaired) electrons. The molecule has 18 heavy (non-hydrogen) atoms. The van der Waals surface area contributed by atoms with Crippen LogP contribution in [0.4, 0.5) is 16.2 Å². The first-order valence-electron chi connectivity index (χ1n) is 5.08. The SMILES string of the molecule is O=C(Nc1cccc(Cl)c1)Nc1ccncc1Cl. The molecule has 0 aliphatic heterocycles. The number of halogens is 2. The summed E-state index contributed by atoms with van der Waals surface area (Å²) in [5, 5.41) is 6.18. The molecule has 0 atom stereocenters. The first-order chi connectivity index (χ1) is 8.65. The van der Waals surface area contributed by atoms with Gasteiger partial charge in [0.15, 0.2) is 0 Å². The summed E-state index contributed by atoms with van der Waals surface area (Å²) in [6.45, 7) is 0. The van der Waals surface area contributed by atoms with Crippen LogP contribution in [0.15, 0.2) is 42.7 Å². The number of rotatable bonds is 2. The fourth-order valence-electron chi connectivity index (χ4n) is 1.33. The average molecular weight is 282 g/mol. The van der Waals surface area contributed by atoms with Crippen LogP contribution in [-0.2, 0) is 0 Å². The summed E-state index contributed by atoms with van der Waals surface area (Å²) < 4.78 is 0. The van der Waals surface area contributed by atoms with Crippen molar-refractivity contribution in [3.63, 3.8) is 0 Å². The predicted octanol–water partition coefficient (Wildman–Crippen LogP) is 4.03. The molecular formula is C12H9Cl2N3O. The van der Waals surface area contributed by atoms with Crippen LogP contribution in [0.2, 0.25) is 10.0 Å². The number of aromatic nitrogens is 1. The summed E-state index contributed by atoms with van der Waals surface area (Å²) in [4.78, 5) is 15.5. The second kappa shape index (κ2) is 5.71. The standard InChI is InChI=1S/C12H9Cl2N3O/c13-8-2-1-3-9(6-8)16-12(18)17-11-4-5-15-7-10(11)14/h1-7H,(H2,15,16,17,18). The van der Waals surface area contributed by atoms with Gasteiger partial charge in [-0.2, -0.15) is 0 Å². The van der Waals surface area contributed by atoms with Gasteiger partial charge in [0.1, 0.15) is 0 Å². The molecule has 0 fully saturated rings. The fraction of sp³-hybridized carbons (Fsp3) is 0. The normalized spacial score (nSPS) is 9.89. The molecule has 1 heterocycles. The highest BCUT2D eigenvalue weighted by atomic mass is 35.5. The Labute approximate surface area is 114 Å². The van der Waals surface area contributed by atoms with Gasteiger partial charge in [-0.3, -0.25) is 4.98 Å². The van der Waals surface area contributed by atoms with E-state index in [-0.39, 0.29) is 0 Å². The van der Waals surface area contributed by atoms with Crippen molar-refractivity contribution in [2.45, 2.75) is 0 Å². The lowest BCUT2D eigenvalue weighted by Crippen LogP contribution is -2.19. The maximum Gasteiger partial charge on any atom is 0.323 e. The van der Waals surface area contributed by atoms with E-state index in [1.165, 1.54) is 6.20 Å². The lowest BCUT2D eigenvalue weighted by molar-refractivity contribution is 0.262. The van der Waals surface area contributed by atoms with Gasteiger partial charge in [0, 0.05) is 23.1 Å². The highest BCUT2D eigenvalue weighted by Gasteiger charge is 2.05. The zero-order chi connectivity index (χ0) is 13.0. The largest absolute Gasteiger partial charge is 0.323 e. The quantitative estimate of drug-likeness (QED) is 0.873. The minimum Gasteiger partial charge on any atom is -0.308 e. The van der Waals surface area contributed by atoms with Gasteiger partial charge in [-0.25, -0.2) is 4.79 Å². The number of nitrogens with one attached hydrogen (secondary N) is 2. The van der Waals surface area contributed by atoms with Crippen molar-refractivity contribution >= 4 is 40.6 Å². The molecule has 92 valence electrons. The Balaban J connectivity index is 2.03. The number of carbonyl (C=O) groups is 1. The highest BCUT2D eigenvalue weighted by molar-refractivity contribution is 6.33. The van der Waals surface area contributed by atoms with Gasteiger partial charge in [-0.1, -0.05) is 29.3 Å². The molecule has 1 aromatic carbocycles. The molecular weight excluding hydrogens is 273 g/mol. The Kier molecular flexibility index (Phi) is 4.02. The van der Waals surface area contributed by atoms with Gasteiger partial charge >= 0.3 is 6.03 Å². The summed E-state index contributed by atoms with van der Waals surface area (Å²) in [7, 11) is 0. The van der Waals surface area contributed by atoms with Gasteiger partial charge in [-0.15, -0.1) is 0 Å². The number of hydrogen-bond donors (Lipinski definition) is 2. The van der Waals surface area contributed by atoms with Crippen LogP contribution in [0.1, 0.15) is 0 Å². The summed E-state index contributed by atoms with van der Waals surface area (Å²) in [6.07, 6.45) is 3.00. The number of pyridine rings is 1. The molecule has 2 aromatic rings. The molecule has 0 unspecified atom stereocenters. The third-order valence-corrected chi connectivity index (χ3v) is 2.64. The van der Waals surface area contributed by atoms with E-state index in [9.17, 15) is 4.79 Å². The van der Waals surface area contributed by atoms with Crippen molar-refractivity contribution in [1.29, 1.82) is 0 Å². The van der Waals surface area contributed by atoms with Gasteiger partial charge in [0.25, 0.3) is 0 Å². The molecule has 6 heteroatoms. The lowest BCUT2D eigenvalue weighted by atomic mass is 10.3. The topological polar surface area (TPSA) is 54.0 Å². The van der Waals surface area contributed by atoms with E-state index in [0.29, 0.717) is 21.4 Å². The van der Waals surface area contributed by atoms with Crippen molar-refractivity contribution in [1.82, 2.24) is 4.98 Å². The molecule has 0 bridgehead atoms. The maximum absolute atomic E-state index is 11.7. The van der Waals surface area contributed by atoms with Crippen LogP contribution >= 0.6 is 23.2 Å². The van der Waals surface area contributed by atoms with Gasteiger partial charge in [-0.05, 0) is 24.3 Å². The molecule has 2 amide bonds. The summed E-state index contributed by atoms with van der Waals surface area (Å²) >= 11 is 11.7. The molecule has 0 aliphatic carbocycles. The Morgan fingerprint density at radius 3 is 2.72 bits per heavy atom. The van der Waals surface area contributed by atoms with Crippen LogP contribution < -0.4 is 10.6 Å². The van der Waals surface area contributed by atoms with Crippen molar-refractivity contribution in [3.8, 4) is 0 Å². The fourth-order valence-corrected chi connectivity index (χ4v) is 1.68. The van der Waals surface area contributed by atoms with Crippen LogP contribution in [-0.4, -0.2) is 11.0 Å². The molecule has 0 saturated heterocycles. The average Bonchev–Trinajstić information content (AvgIpc) is 2.32. The van der Waals surface area contributed by atoms with Crippen LogP contribution in [0.25, 0.3) is 0 Å². The minimum absolute atomic E-state index is 0.374.